The van der Waals surface area contributed by atoms with Crippen molar-refractivity contribution in [2.45, 2.75) is 58.9 Å². The fraction of sp³-hybridized carbons (Fsp3) is 0.423. The van der Waals surface area contributed by atoms with Crippen LogP contribution in [0.4, 0.5) is 5.82 Å². The zero-order valence-electron chi connectivity index (χ0n) is 22.3. The maximum atomic E-state index is 13.6. The molecule has 1 N–H and O–H groups in total. The molecule has 3 aromatic rings. The highest BCUT2D eigenvalue weighted by Crippen LogP contribution is 2.43. The van der Waals surface area contributed by atoms with Crippen LogP contribution < -0.4 is 10.9 Å². The van der Waals surface area contributed by atoms with Crippen molar-refractivity contribution in [2.75, 3.05) is 18.1 Å². The van der Waals surface area contributed by atoms with Gasteiger partial charge in [0, 0.05) is 23.1 Å². The van der Waals surface area contributed by atoms with Crippen LogP contribution in [0.1, 0.15) is 63.4 Å². The van der Waals surface area contributed by atoms with Crippen LogP contribution in [0.2, 0.25) is 0 Å². The highest BCUT2D eigenvalue weighted by molar-refractivity contribution is 7.94. The third kappa shape index (κ3) is 5.69. The first kappa shape index (κ1) is 27.2. The van der Waals surface area contributed by atoms with Gasteiger partial charge in [-0.15, -0.1) is 0 Å². The van der Waals surface area contributed by atoms with Crippen molar-refractivity contribution in [3.63, 3.8) is 0 Å². The van der Waals surface area contributed by atoms with E-state index in [2.05, 4.69) is 37.0 Å². The van der Waals surface area contributed by atoms with Crippen LogP contribution in [0.25, 0.3) is 22.6 Å². The molecule has 200 valence electrons. The number of nitrogens with zero attached hydrogens (tertiary/aromatic N) is 7. The number of aryl methyl sites for hydroxylation is 1. The third-order valence-corrected chi connectivity index (χ3v) is 7.96. The summed E-state index contributed by atoms with van der Waals surface area (Å²) in [6.07, 6.45) is 10.2. The minimum absolute atomic E-state index is 0.116. The Kier molecular flexibility index (Phi) is 7.81. The van der Waals surface area contributed by atoms with Crippen LogP contribution in [0.3, 0.4) is 0 Å². The molecule has 1 atom stereocenters. The van der Waals surface area contributed by atoms with Gasteiger partial charge in [-0.25, -0.2) is 33.3 Å². The number of sulfone groups is 1. The highest BCUT2D eigenvalue weighted by atomic mass is 32.2. The number of aromatic nitrogens is 6. The molecule has 0 saturated heterocycles. The first-order chi connectivity index (χ1) is 18.0. The number of fused-ring (bicyclic) bond motifs is 1. The van der Waals surface area contributed by atoms with Crippen molar-refractivity contribution >= 4 is 33.5 Å². The zero-order valence-corrected chi connectivity index (χ0v) is 23.1. The molecule has 4 rings (SSSR count). The summed E-state index contributed by atoms with van der Waals surface area (Å²) in [5.74, 6) is 0.972. The highest BCUT2D eigenvalue weighted by Gasteiger charge is 2.30. The van der Waals surface area contributed by atoms with Gasteiger partial charge in [-0.05, 0) is 58.9 Å². The van der Waals surface area contributed by atoms with Crippen molar-refractivity contribution in [3.8, 4) is 11.4 Å². The number of hydrogen-bond donors (Lipinski definition) is 1. The molecule has 1 aliphatic rings. The van der Waals surface area contributed by atoms with Crippen LogP contribution in [0, 0.1) is 6.92 Å². The molecule has 0 spiro atoms. The first-order valence-electron chi connectivity index (χ1n) is 12.4. The molecule has 0 aliphatic heterocycles. The minimum Gasteiger partial charge on any atom is -0.360 e. The molecule has 38 heavy (non-hydrogen) atoms. The van der Waals surface area contributed by atoms with Gasteiger partial charge >= 0.3 is 0 Å². The molecule has 0 amide bonds. The standard InChI is InChI=1S/C26H32N8O3S/c1-7-15(2)34-25-20(13-29-23(33-25)21-17(4)30-14-31-22(21)18-9-10-18)32-24(26(34)35)28-12-19(27-5)11-8-16(3)38(6,36)37/h8,11,13-15,18H,5,7,9-10,12H2,1-4,6H3,(H,28,32)/b16-8+,19-11-/t15-/m0/s1. The monoisotopic (exact) mass is 536 g/mol. The van der Waals surface area contributed by atoms with E-state index in [0.717, 1.165) is 36.0 Å². The van der Waals surface area contributed by atoms with Crippen LogP contribution in [-0.2, 0) is 9.84 Å². The second-order valence-corrected chi connectivity index (χ2v) is 11.7. The summed E-state index contributed by atoms with van der Waals surface area (Å²) in [6, 6.07) is -0.153. The largest absolute Gasteiger partial charge is 0.360 e. The molecule has 3 aromatic heterocycles. The van der Waals surface area contributed by atoms with E-state index < -0.39 is 9.84 Å². The zero-order chi connectivity index (χ0) is 27.6. The second-order valence-electron chi connectivity index (χ2n) is 9.51. The minimum atomic E-state index is -3.31. The fourth-order valence-electron chi connectivity index (χ4n) is 3.94. The lowest BCUT2D eigenvalue weighted by molar-refractivity contribution is 0.527. The van der Waals surface area contributed by atoms with Crippen molar-refractivity contribution in [3.05, 3.63) is 57.0 Å². The van der Waals surface area contributed by atoms with E-state index in [4.69, 9.17) is 4.98 Å². The fourth-order valence-corrected chi connectivity index (χ4v) is 4.26. The topological polar surface area (TPSA) is 145 Å². The van der Waals surface area contributed by atoms with Crippen molar-refractivity contribution in [1.29, 1.82) is 0 Å². The quantitative estimate of drug-likeness (QED) is 0.302. The number of rotatable bonds is 10. The Labute approximate surface area is 221 Å². The Balaban J connectivity index is 1.76. The molecule has 1 saturated carbocycles. The molecule has 11 nitrogen and oxygen atoms in total. The molecular formula is C26H32N8O3S. The van der Waals surface area contributed by atoms with Crippen molar-refractivity contribution in [2.24, 2.45) is 4.99 Å². The SMILES string of the molecule is C=N/C(=C\C=C(/C)S(C)(=O)=O)CNc1nc2cnc(-c3c(C)ncnc3C3CC3)nc2n([C@@H](C)CC)c1=O. The van der Waals surface area contributed by atoms with Crippen molar-refractivity contribution < 1.29 is 8.42 Å². The second kappa shape index (κ2) is 10.9. The lowest BCUT2D eigenvalue weighted by Gasteiger charge is -2.18. The number of nitrogens with one attached hydrogen (secondary N) is 1. The number of allylic oxidation sites excluding steroid dienone is 3. The molecule has 0 aromatic carbocycles. The Morgan fingerprint density at radius 1 is 1.26 bits per heavy atom. The van der Waals surface area contributed by atoms with Gasteiger partial charge in [0.2, 0.25) is 0 Å². The van der Waals surface area contributed by atoms with Gasteiger partial charge in [0.15, 0.2) is 27.1 Å². The van der Waals surface area contributed by atoms with Crippen molar-refractivity contribution in [1.82, 2.24) is 29.5 Å². The lowest BCUT2D eigenvalue weighted by Crippen LogP contribution is -2.29. The van der Waals surface area contributed by atoms with Gasteiger partial charge in [0.25, 0.3) is 5.56 Å². The third-order valence-electron chi connectivity index (χ3n) is 6.65. The molecule has 0 bridgehead atoms. The Morgan fingerprint density at radius 2 is 2.00 bits per heavy atom. The average molecular weight is 537 g/mol. The smallest absolute Gasteiger partial charge is 0.295 e. The number of hydrogen-bond acceptors (Lipinski definition) is 10. The first-order valence-corrected chi connectivity index (χ1v) is 14.3. The molecule has 1 aliphatic carbocycles. The molecule has 3 heterocycles. The molecule has 0 radical (unpaired) electrons. The Hall–Kier alpha value is -3.80. The van der Waals surface area contributed by atoms with Gasteiger partial charge in [0.05, 0.1) is 35.4 Å². The van der Waals surface area contributed by atoms with Gasteiger partial charge in [-0.2, -0.15) is 0 Å². The number of aliphatic imine (C=N–C) groups is 1. The maximum absolute atomic E-state index is 13.6. The predicted molar refractivity (Wildman–Crippen MR) is 149 cm³/mol. The van der Waals surface area contributed by atoms with Crippen LogP contribution in [0.5, 0.6) is 0 Å². The Bertz CT molecular complexity index is 1620. The summed E-state index contributed by atoms with van der Waals surface area (Å²) >= 11 is 0. The van der Waals surface area contributed by atoms with E-state index >= 15 is 0 Å². The normalized spacial score (nSPS) is 15.5. The van der Waals surface area contributed by atoms with Crippen LogP contribution in [0.15, 0.2) is 45.1 Å². The molecule has 12 heteroatoms. The van der Waals surface area contributed by atoms with Gasteiger partial charge < -0.3 is 5.32 Å². The summed E-state index contributed by atoms with van der Waals surface area (Å²) in [6.45, 7) is 11.0. The van der Waals surface area contributed by atoms with E-state index in [-0.39, 0.29) is 28.9 Å². The van der Waals surface area contributed by atoms with E-state index in [1.165, 1.54) is 13.0 Å². The summed E-state index contributed by atoms with van der Waals surface area (Å²) in [7, 11) is -3.31. The molecule has 0 unspecified atom stereocenters. The number of anilines is 1. The van der Waals surface area contributed by atoms with E-state index in [0.29, 0.717) is 35.0 Å². The lowest BCUT2D eigenvalue weighted by atomic mass is 10.1. The Morgan fingerprint density at radius 3 is 2.63 bits per heavy atom. The predicted octanol–water partition coefficient (Wildman–Crippen LogP) is 3.75. The maximum Gasteiger partial charge on any atom is 0.295 e. The van der Waals surface area contributed by atoms with E-state index in [1.807, 2.05) is 20.8 Å². The van der Waals surface area contributed by atoms with Gasteiger partial charge in [0.1, 0.15) is 11.8 Å². The molecular weight excluding hydrogens is 504 g/mol. The van der Waals surface area contributed by atoms with Gasteiger partial charge in [-0.1, -0.05) is 6.92 Å². The van der Waals surface area contributed by atoms with E-state index in [1.54, 1.807) is 23.2 Å². The summed E-state index contributed by atoms with van der Waals surface area (Å²) in [5, 5.41) is 3.02. The van der Waals surface area contributed by atoms with Gasteiger partial charge in [-0.3, -0.25) is 14.4 Å². The summed E-state index contributed by atoms with van der Waals surface area (Å²) in [5.41, 5.74) is 3.57. The van der Waals surface area contributed by atoms with Crippen LogP contribution >= 0.6 is 0 Å². The summed E-state index contributed by atoms with van der Waals surface area (Å²) in [4.78, 5) is 40.5. The van der Waals surface area contributed by atoms with E-state index in [9.17, 15) is 13.2 Å². The van der Waals surface area contributed by atoms with Crippen LogP contribution in [-0.4, -0.2) is 57.4 Å². The molecule has 1 fully saturated rings. The average Bonchev–Trinajstić information content (AvgIpc) is 3.73. The summed E-state index contributed by atoms with van der Waals surface area (Å²) < 4.78 is 25.0.